The highest BCUT2D eigenvalue weighted by atomic mass is 79.9. The zero-order valence-electron chi connectivity index (χ0n) is 15.9. The van der Waals surface area contributed by atoms with Crippen molar-refractivity contribution in [3.05, 3.63) is 61.9 Å². The van der Waals surface area contributed by atoms with Gasteiger partial charge >= 0.3 is 0 Å². The van der Waals surface area contributed by atoms with Crippen molar-refractivity contribution in [1.29, 1.82) is 0 Å². The number of benzene rings is 2. The zero-order valence-corrected chi connectivity index (χ0v) is 19.1. The van der Waals surface area contributed by atoms with Crippen LogP contribution in [0.1, 0.15) is 25.0 Å². The number of imide groups is 1. The lowest BCUT2D eigenvalue weighted by atomic mass is 10.1. The Bertz CT molecular complexity index is 962. The van der Waals surface area contributed by atoms with Gasteiger partial charge in [0.05, 0.1) is 11.5 Å². The van der Waals surface area contributed by atoms with Crippen LogP contribution in [0.25, 0.3) is 6.08 Å². The molecule has 0 unspecified atom stereocenters. The van der Waals surface area contributed by atoms with Gasteiger partial charge < -0.3 is 9.47 Å². The van der Waals surface area contributed by atoms with E-state index in [0.717, 1.165) is 27.4 Å². The van der Waals surface area contributed by atoms with Crippen molar-refractivity contribution < 1.29 is 19.1 Å². The number of amides is 2. The Morgan fingerprint density at radius 2 is 1.79 bits per heavy atom. The molecule has 0 bridgehead atoms. The highest BCUT2D eigenvalue weighted by molar-refractivity contribution is 9.10. The quantitative estimate of drug-likeness (QED) is 0.431. The number of halogens is 2. The van der Waals surface area contributed by atoms with Crippen LogP contribution < -0.4 is 9.47 Å². The molecule has 0 atom stereocenters. The van der Waals surface area contributed by atoms with Gasteiger partial charge in [-0.25, -0.2) is 0 Å². The number of carbonyl (C=O) groups excluding carboxylic acids is 2. The molecular weight excluding hydrogens is 478 g/mol. The molecule has 5 nitrogen and oxygen atoms in total. The second-order valence-corrected chi connectivity index (χ2v) is 8.38. The first-order chi connectivity index (χ1) is 13.9. The number of nitrogens with zero attached hydrogens (tertiary/aromatic N) is 1. The first-order valence-corrected chi connectivity index (χ1v) is 11.0. The van der Waals surface area contributed by atoms with Gasteiger partial charge in [0.2, 0.25) is 0 Å². The lowest BCUT2D eigenvalue weighted by Gasteiger charge is -2.14. The van der Waals surface area contributed by atoms with Gasteiger partial charge in [-0.1, -0.05) is 39.7 Å². The van der Waals surface area contributed by atoms with Gasteiger partial charge in [0, 0.05) is 16.0 Å². The van der Waals surface area contributed by atoms with Crippen molar-refractivity contribution in [2.45, 2.75) is 20.5 Å². The van der Waals surface area contributed by atoms with Crippen molar-refractivity contribution in [1.82, 2.24) is 4.90 Å². The average molecular weight is 497 g/mol. The van der Waals surface area contributed by atoms with E-state index in [2.05, 4.69) is 15.9 Å². The molecule has 0 spiro atoms. The molecule has 3 rings (SSSR count). The highest BCUT2D eigenvalue weighted by Gasteiger charge is 2.33. The van der Waals surface area contributed by atoms with Crippen LogP contribution in [0.2, 0.25) is 5.02 Å². The van der Waals surface area contributed by atoms with E-state index in [0.29, 0.717) is 41.2 Å². The van der Waals surface area contributed by atoms with Crippen molar-refractivity contribution >= 4 is 56.5 Å². The summed E-state index contributed by atoms with van der Waals surface area (Å²) in [5.74, 6) is 0.855. The fourth-order valence-electron chi connectivity index (χ4n) is 2.70. The summed E-state index contributed by atoms with van der Waals surface area (Å²) in [7, 11) is 0. The molecule has 1 fully saturated rings. The van der Waals surface area contributed by atoms with E-state index in [1.165, 1.54) is 4.90 Å². The largest absolute Gasteiger partial charge is 0.490 e. The monoisotopic (exact) mass is 495 g/mol. The predicted octanol–water partition coefficient (Wildman–Crippen LogP) is 6.14. The molecule has 152 valence electrons. The molecular formula is C21H19BrClNO4S. The lowest BCUT2D eigenvalue weighted by Crippen LogP contribution is -2.27. The fraction of sp³-hybridized carbons (Fsp3) is 0.238. The first-order valence-electron chi connectivity index (χ1n) is 9.01. The van der Waals surface area contributed by atoms with Crippen LogP contribution in [0.15, 0.2) is 45.8 Å². The molecule has 0 aromatic heterocycles. The molecule has 2 aromatic rings. The van der Waals surface area contributed by atoms with Crippen LogP contribution in [-0.4, -0.2) is 29.2 Å². The van der Waals surface area contributed by atoms with E-state index in [9.17, 15) is 9.59 Å². The summed E-state index contributed by atoms with van der Waals surface area (Å²) < 4.78 is 12.4. The Morgan fingerprint density at radius 3 is 2.41 bits per heavy atom. The smallest absolute Gasteiger partial charge is 0.293 e. The fourth-order valence-corrected chi connectivity index (χ4v) is 4.15. The molecule has 0 saturated carbocycles. The Hall–Kier alpha value is -1.96. The van der Waals surface area contributed by atoms with Crippen molar-refractivity contribution in [3.63, 3.8) is 0 Å². The summed E-state index contributed by atoms with van der Waals surface area (Å²) in [6, 6.07) is 11.0. The average Bonchev–Trinajstić information content (AvgIpc) is 2.97. The van der Waals surface area contributed by atoms with Gasteiger partial charge in [0.15, 0.2) is 11.5 Å². The molecule has 1 aliphatic rings. The van der Waals surface area contributed by atoms with Gasteiger partial charge in [0.25, 0.3) is 11.1 Å². The SMILES string of the molecule is CCOc1cc(/C=C2/SC(=O)N(CC)C2=O)c(Br)cc1OCc1ccc(Cl)cc1. The molecule has 0 aliphatic carbocycles. The van der Waals surface area contributed by atoms with Crippen LogP contribution in [0.4, 0.5) is 4.79 Å². The van der Waals surface area contributed by atoms with E-state index in [1.807, 2.05) is 31.2 Å². The van der Waals surface area contributed by atoms with Gasteiger partial charge in [0.1, 0.15) is 6.61 Å². The second kappa shape index (κ2) is 9.69. The first kappa shape index (κ1) is 21.7. The molecule has 0 N–H and O–H groups in total. The molecule has 1 aliphatic heterocycles. The topological polar surface area (TPSA) is 55.8 Å². The number of hydrogen-bond donors (Lipinski definition) is 0. The summed E-state index contributed by atoms with van der Waals surface area (Å²) in [6.07, 6.45) is 1.69. The number of likely N-dealkylation sites (N-methyl/N-ethyl adjacent to an activating group) is 1. The molecule has 2 amide bonds. The molecule has 2 aromatic carbocycles. The van der Waals surface area contributed by atoms with E-state index >= 15 is 0 Å². The summed E-state index contributed by atoms with van der Waals surface area (Å²) >= 11 is 10.4. The lowest BCUT2D eigenvalue weighted by molar-refractivity contribution is -0.122. The Balaban J connectivity index is 1.86. The zero-order chi connectivity index (χ0) is 21.0. The summed E-state index contributed by atoms with van der Waals surface area (Å²) in [4.78, 5) is 25.9. The van der Waals surface area contributed by atoms with Gasteiger partial charge in [-0.2, -0.15) is 0 Å². The third kappa shape index (κ3) is 5.15. The predicted molar refractivity (Wildman–Crippen MR) is 119 cm³/mol. The Kier molecular flexibility index (Phi) is 7.27. The van der Waals surface area contributed by atoms with Crippen LogP contribution in [0.5, 0.6) is 11.5 Å². The van der Waals surface area contributed by atoms with Crippen LogP contribution in [0, 0.1) is 0 Å². The maximum Gasteiger partial charge on any atom is 0.293 e. The third-order valence-corrected chi connectivity index (χ3v) is 5.99. The number of hydrogen-bond acceptors (Lipinski definition) is 5. The number of ether oxygens (including phenoxy) is 2. The maximum atomic E-state index is 12.4. The summed E-state index contributed by atoms with van der Waals surface area (Å²) in [6.45, 7) is 4.83. The molecule has 0 radical (unpaired) electrons. The minimum atomic E-state index is -0.282. The minimum Gasteiger partial charge on any atom is -0.490 e. The summed E-state index contributed by atoms with van der Waals surface area (Å²) in [5, 5.41) is 0.413. The van der Waals surface area contributed by atoms with E-state index < -0.39 is 0 Å². The van der Waals surface area contributed by atoms with Crippen LogP contribution in [-0.2, 0) is 11.4 Å². The van der Waals surface area contributed by atoms with Gasteiger partial charge in [-0.05, 0) is 67.1 Å². The number of thioether (sulfide) groups is 1. The summed E-state index contributed by atoms with van der Waals surface area (Å²) in [5.41, 5.74) is 1.71. The van der Waals surface area contributed by atoms with Gasteiger partial charge in [-0.3, -0.25) is 14.5 Å². The van der Waals surface area contributed by atoms with E-state index in [-0.39, 0.29) is 11.1 Å². The minimum absolute atomic E-state index is 0.257. The molecule has 1 saturated heterocycles. The van der Waals surface area contributed by atoms with E-state index in [4.69, 9.17) is 21.1 Å². The third-order valence-electron chi connectivity index (χ3n) is 4.15. The molecule has 8 heteroatoms. The maximum absolute atomic E-state index is 12.4. The number of carbonyl (C=O) groups is 2. The van der Waals surface area contributed by atoms with Crippen molar-refractivity contribution in [2.75, 3.05) is 13.2 Å². The number of rotatable bonds is 7. The Labute approximate surface area is 187 Å². The highest BCUT2D eigenvalue weighted by Crippen LogP contribution is 2.38. The van der Waals surface area contributed by atoms with Gasteiger partial charge in [-0.15, -0.1) is 0 Å². The molecule has 29 heavy (non-hydrogen) atoms. The van der Waals surface area contributed by atoms with Crippen LogP contribution in [0.3, 0.4) is 0 Å². The van der Waals surface area contributed by atoms with Crippen LogP contribution >= 0.6 is 39.3 Å². The molecule has 1 heterocycles. The normalized spacial score (nSPS) is 15.3. The Morgan fingerprint density at radius 1 is 1.10 bits per heavy atom. The van der Waals surface area contributed by atoms with E-state index in [1.54, 1.807) is 25.1 Å². The second-order valence-electron chi connectivity index (χ2n) is 6.09. The van der Waals surface area contributed by atoms with Crippen molar-refractivity contribution in [3.8, 4) is 11.5 Å². The standard InChI is InChI=1S/C21H19BrClNO4S/c1-3-24-20(25)19(29-21(24)26)10-14-9-17(27-4-2)18(11-16(14)22)28-12-13-5-7-15(23)8-6-13/h5-11H,3-4,12H2,1-2H3/b19-10+. The van der Waals surface area contributed by atoms with Crippen molar-refractivity contribution in [2.24, 2.45) is 0 Å².